The van der Waals surface area contributed by atoms with Crippen molar-refractivity contribution in [3.8, 4) is 0 Å². The van der Waals surface area contributed by atoms with Crippen molar-refractivity contribution >= 4 is 43.4 Å². The van der Waals surface area contributed by atoms with Crippen LogP contribution >= 0.6 is 11.3 Å². The number of carbonyl (C=O) groups excluding carboxylic acids is 1. The SMILES string of the molecule is CC(C)n1c(=O)sc2cc(NC(=O)[C@@H]3CCCN(S(=O)(=O)N(C)C)C3)ccc21. The molecule has 1 aliphatic rings. The molecule has 8 nitrogen and oxygen atoms in total. The Balaban J connectivity index is 1.76. The summed E-state index contributed by atoms with van der Waals surface area (Å²) in [5.74, 6) is -0.605. The number of hydrogen-bond acceptors (Lipinski definition) is 5. The molecular weight excluding hydrogens is 400 g/mol. The maximum Gasteiger partial charge on any atom is 0.308 e. The zero-order valence-corrected chi connectivity index (χ0v) is 18.1. The summed E-state index contributed by atoms with van der Waals surface area (Å²) in [4.78, 5) is 24.9. The molecule has 1 saturated heterocycles. The molecule has 0 radical (unpaired) electrons. The van der Waals surface area contributed by atoms with E-state index in [-0.39, 0.29) is 23.4 Å². The molecule has 2 aromatic rings. The number of hydrogen-bond donors (Lipinski definition) is 1. The van der Waals surface area contributed by atoms with Crippen LogP contribution in [0.2, 0.25) is 0 Å². The number of carbonyl (C=O) groups is 1. The summed E-state index contributed by atoms with van der Waals surface area (Å²) in [6, 6.07) is 5.48. The first-order valence-electron chi connectivity index (χ1n) is 9.25. The van der Waals surface area contributed by atoms with Crippen LogP contribution in [0.1, 0.15) is 32.7 Å². The Labute approximate surface area is 168 Å². The molecule has 1 fully saturated rings. The summed E-state index contributed by atoms with van der Waals surface area (Å²) in [5.41, 5.74) is 1.46. The largest absolute Gasteiger partial charge is 0.326 e. The number of rotatable bonds is 5. The van der Waals surface area contributed by atoms with Crippen LogP contribution in [0.5, 0.6) is 0 Å². The van der Waals surface area contributed by atoms with Gasteiger partial charge in [-0.2, -0.15) is 17.0 Å². The van der Waals surface area contributed by atoms with E-state index in [0.29, 0.717) is 25.1 Å². The lowest BCUT2D eigenvalue weighted by molar-refractivity contribution is -0.120. The van der Waals surface area contributed by atoms with Crippen molar-refractivity contribution in [1.29, 1.82) is 0 Å². The summed E-state index contributed by atoms with van der Waals surface area (Å²) >= 11 is 1.15. The summed E-state index contributed by atoms with van der Waals surface area (Å²) in [6.45, 7) is 4.51. The zero-order chi connectivity index (χ0) is 20.6. The average Bonchev–Trinajstić information content (AvgIpc) is 2.96. The third-order valence-corrected chi connectivity index (χ3v) is 7.77. The van der Waals surface area contributed by atoms with Gasteiger partial charge in [0, 0.05) is 38.9 Å². The maximum atomic E-state index is 12.7. The molecule has 0 bridgehead atoms. The smallest absolute Gasteiger partial charge is 0.308 e. The first kappa shape index (κ1) is 21.0. The summed E-state index contributed by atoms with van der Waals surface area (Å²) in [7, 11) is -0.549. The molecule has 1 aliphatic heterocycles. The van der Waals surface area contributed by atoms with E-state index in [2.05, 4.69) is 5.32 Å². The average molecular weight is 427 g/mol. The van der Waals surface area contributed by atoms with Crippen LogP contribution in [-0.4, -0.2) is 54.7 Å². The Morgan fingerprint density at radius 2 is 2.04 bits per heavy atom. The van der Waals surface area contributed by atoms with E-state index in [9.17, 15) is 18.0 Å². The Bertz CT molecular complexity index is 1040. The molecule has 10 heteroatoms. The fraction of sp³-hybridized carbons (Fsp3) is 0.556. The second kappa shape index (κ2) is 7.94. The summed E-state index contributed by atoms with van der Waals surface area (Å²) in [5, 5.41) is 2.88. The van der Waals surface area contributed by atoms with Crippen LogP contribution < -0.4 is 10.2 Å². The van der Waals surface area contributed by atoms with Crippen molar-refractivity contribution in [1.82, 2.24) is 13.2 Å². The molecule has 2 heterocycles. The molecule has 3 rings (SSSR count). The highest BCUT2D eigenvalue weighted by Gasteiger charge is 2.33. The molecule has 0 aliphatic carbocycles. The van der Waals surface area contributed by atoms with E-state index in [1.165, 1.54) is 22.7 Å². The molecular formula is C18H26N4O4S2. The number of nitrogens with zero attached hydrogens (tertiary/aromatic N) is 3. The highest BCUT2D eigenvalue weighted by atomic mass is 32.2. The van der Waals surface area contributed by atoms with Crippen LogP contribution in [0, 0.1) is 5.92 Å². The van der Waals surface area contributed by atoms with Gasteiger partial charge in [-0.3, -0.25) is 14.2 Å². The molecule has 28 heavy (non-hydrogen) atoms. The lowest BCUT2D eigenvalue weighted by Crippen LogP contribution is -2.47. The minimum Gasteiger partial charge on any atom is -0.326 e. The van der Waals surface area contributed by atoms with Gasteiger partial charge < -0.3 is 5.32 Å². The third-order valence-electron chi connectivity index (χ3n) is 4.94. The van der Waals surface area contributed by atoms with Crippen LogP contribution in [-0.2, 0) is 15.0 Å². The molecule has 0 spiro atoms. The minimum absolute atomic E-state index is 0.0229. The van der Waals surface area contributed by atoms with Gasteiger partial charge in [-0.05, 0) is 44.9 Å². The van der Waals surface area contributed by atoms with Gasteiger partial charge >= 0.3 is 4.87 Å². The van der Waals surface area contributed by atoms with Crippen molar-refractivity contribution in [2.75, 3.05) is 32.5 Å². The van der Waals surface area contributed by atoms with Crippen LogP contribution in [0.3, 0.4) is 0 Å². The predicted molar refractivity (Wildman–Crippen MR) is 112 cm³/mol. The molecule has 0 unspecified atom stereocenters. The number of piperidine rings is 1. The molecule has 154 valence electrons. The highest BCUT2D eigenvalue weighted by molar-refractivity contribution is 7.86. The number of thiazole rings is 1. The molecule has 1 N–H and O–H groups in total. The first-order valence-corrected chi connectivity index (χ1v) is 11.5. The lowest BCUT2D eigenvalue weighted by atomic mass is 9.98. The predicted octanol–water partition coefficient (Wildman–Crippen LogP) is 2.10. The van der Waals surface area contributed by atoms with E-state index in [0.717, 1.165) is 21.6 Å². The van der Waals surface area contributed by atoms with Crippen molar-refractivity contribution in [2.24, 2.45) is 5.92 Å². The standard InChI is InChI=1S/C18H26N4O4S2/c1-12(2)22-15-8-7-14(10-16(15)27-18(22)24)19-17(23)13-6-5-9-21(11-13)28(25,26)20(3)4/h7-8,10,12-13H,5-6,9,11H2,1-4H3,(H,19,23)/t13-/m1/s1. The number of fused-ring (bicyclic) bond motifs is 1. The summed E-state index contributed by atoms with van der Waals surface area (Å²) < 4.78 is 29.8. The third kappa shape index (κ3) is 4.00. The van der Waals surface area contributed by atoms with Crippen molar-refractivity contribution in [3.05, 3.63) is 27.9 Å². The monoisotopic (exact) mass is 426 g/mol. The van der Waals surface area contributed by atoms with Gasteiger partial charge in [0.25, 0.3) is 10.2 Å². The van der Waals surface area contributed by atoms with E-state index in [4.69, 9.17) is 0 Å². The van der Waals surface area contributed by atoms with Gasteiger partial charge in [0.15, 0.2) is 0 Å². The lowest BCUT2D eigenvalue weighted by Gasteiger charge is -2.32. The number of aromatic nitrogens is 1. The number of anilines is 1. The van der Waals surface area contributed by atoms with E-state index in [1.807, 2.05) is 19.9 Å². The Morgan fingerprint density at radius 3 is 2.68 bits per heavy atom. The second-order valence-electron chi connectivity index (χ2n) is 7.49. The van der Waals surface area contributed by atoms with Gasteiger partial charge in [-0.15, -0.1) is 0 Å². The molecule has 1 aromatic heterocycles. The molecule has 1 amide bonds. The van der Waals surface area contributed by atoms with Gasteiger partial charge in [-0.1, -0.05) is 11.3 Å². The van der Waals surface area contributed by atoms with Crippen molar-refractivity contribution < 1.29 is 13.2 Å². The normalized spacial score (nSPS) is 18.9. The Kier molecular flexibility index (Phi) is 5.95. The van der Waals surface area contributed by atoms with Crippen LogP contribution in [0.15, 0.2) is 23.0 Å². The fourth-order valence-electron chi connectivity index (χ4n) is 3.44. The van der Waals surface area contributed by atoms with Crippen LogP contribution in [0.25, 0.3) is 10.2 Å². The van der Waals surface area contributed by atoms with Gasteiger partial charge in [0.1, 0.15) is 0 Å². The van der Waals surface area contributed by atoms with E-state index >= 15 is 0 Å². The van der Waals surface area contributed by atoms with Gasteiger partial charge in [-0.25, -0.2) is 0 Å². The summed E-state index contributed by atoms with van der Waals surface area (Å²) in [6.07, 6.45) is 1.29. The van der Waals surface area contributed by atoms with Crippen LogP contribution in [0.4, 0.5) is 5.69 Å². The van der Waals surface area contributed by atoms with Crippen molar-refractivity contribution in [3.63, 3.8) is 0 Å². The molecule has 1 atom stereocenters. The number of nitrogens with one attached hydrogen (secondary N) is 1. The number of amides is 1. The quantitative estimate of drug-likeness (QED) is 0.793. The fourth-order valence-corrected chi connectivity index (χ4v) is 5.69. The zero-order valence-electron chi connectivity index (χ0n) is 16.5. The Morgan fingerprint density at radius 1 is 1.32 bits per heavy atom. The highest BCUT2D eigenvalue weighted by Crippen LogP contribution is 2.26. The topological polar surface area (TPSA) is 91.7 Å². The molecule has 1 aromatic carbocycles. The van der Waals surface area contributed by atoms with Gasteiger partial charge in [0.05, 0.1) is 16.1 Å². The van der Waals surface area contributed by atoms with E-state index in [1.54, 1.807) is 16.7 Å². The molecule has 0 saturated carbocycles. The second-order valence-corrected chi connectivity index (χ2v) is 10.6. The van der Waals surface area contributed by atoms with E-state index < -0.39 is 16.1 Å². The Hall–Kier alpha value is -1.75. The van der Waals surface area contributed by atoms with Crippen molar-refractivity contribution in [2.45, 2.75) is 32.7 Å². The maximum absolute atomic E-state index is 12.7. The number of benzene rings is 1. The van der Waals surface area contributed by atoms with Gasteiger partial charge in [0.2, 0.25) is 5.91 Å². The first-order chi connectivity index (χ1) is 13.1. The minimum atomic E-state index is -3.53.